The molecule has 2 aromatic rings. The maximum Gasteiger partial charge on any atom is 0.223 e. The Morgan fingerprint density at radius 1 is 1.08 bits per heavy atom. The van der Waals surface area contributed by atoms with E-state index in [4.69, 9.17) is 4.98 Å². The van der Waals surface area contributed by atoms with Crippen LogP contribution in [0.3, 0.4) is 0 Å². The molecule has 1 saturated carbocycles. The van der Waals surface area contributed by atoms with Crippen LogP contribution in [-0.2, 0) is 4.79 Å². The third kappa shape index (κ3) is 2.95. The van der Waals surface area contributed by atoms with Gasteiger partial charge in [-0.2, -0.15) is 0 Å². The number of amides is 1. The number of benzene rings is 1. The van der Waals surface area contributed by atoms with Gasteiger partial charge in [-0.3, -0.25) is 4.79 Å². The number of hydrogen-bond donors (Lipinski definition) is 1. The Hall–Kier alpha value is -2.17. The fraction of sp³-hybridized carbons (Fsp3) is 0.526. The SMILES string of the molecule is Cc1nc2ccccc2nc1N1CCC(C(=O)NC2CCC2)CC1. The molecule has 1 aromatic heterocycles. The summed E-state index contributed by atoms with van der Waals surface area (Å²) in [5.41, 5.74) is 2.84. The molecule has 1 saturated heterocycles. The number of rotatable bonds is 3. The van der Waals surface area contributed by atoms with Gasteiger partial charge in [0.1, 0.15) is 0 Å². The first kappa shape index (κ1) is 15.4. The third-order valence-electron chi connectivity index (χ3n) is 5.34. The standard InChI is InChI=1S/C19H24N4O/c1-13-18(22-17-8-3-2-7-16(17)20-13)23-11-9-14(10-12-23)19(24)21-15-5-4-6-15/h2-3,7-8,14-15H,4-6,9-12H2,1H3,(H,21,24). The van der Waals surface area contributed by atoms with E-state index in [1.165, 1.54) is 6.42 Å². The lowest BCUT2D eigenvalue weighted by Crippen LogP contribution is -2.46. The zero-order chi connectivity index (χ0) is 16.5. The van der Waals surface area contributed by atoms with E-state index in [0.29, 0.717) is 6.04 Å². The highest BCUT2D eigenvalue weighted by Crippen LogP contribution is 2.26. The van der Waals surface area contributed by atoms with Crippen molar-refractivity contribution in [2.45, 2.75) is 45.1 Å². The number of aryl methyl sites for hydroxylation is 1. The van der Waals surface area contributed by atoms with Crippen molar-refractivity contribution in [1.82, 2.24) is 15.3 Å². The fourth-order valence-electron chi connectivity index (χ4n) is 3.60. The summed E-state index contributed by atoms with van der Waals surface area (Å²) in [7, 11) is 0. The average molecular weight is 324 g/mol. The van der Waals surface area contributed by atoms with E-state index in [1.54, 1.807) is 0 Å². The fourth-order valence-corrected chi connectivity index (χ4v) is 3.60. The van der Waals surface area contributed by atoms with Gasteiger partial charge >= 0.3 is 0 Å². The number of nitrogens with zero attached hydrogens (tertiary/aromatic N) is 3. The van der Waals surface area contributed by atoms with Crippen molar-refractivity contribution in [2.75, 3.05) is 18.0 Å². The summed E-state index contributed by atoms with van der Waals surface area (Å²) >= 11 is 0. The van der Waals surface area contributed by atoms with Gasteiger partial charge in [0.15, 0.2) is 5.82 Å². The maximum atomic E-state index is 12.3. The third-order valence-corrected chi connectivity index (χ3v) is 5.34. The minimum absolute atomic E-state index is 0.149. The minimum Gasteiger partial charge on any atom is -0.355 e. The summed E-state index contributed by atoms with van der Waals surface area (Å²) < 4.78 is 0. The molecule has 0 atom stereocenters. The summed E-state index contributed by atoms with van der Waals surface area (Å²) in [5, 5.41) is 3.19. The number of hydrogen-bond acceptors (Lipinski definition) is 4. The van der Waals surface area contributed by atoms with Crippen LogP contribution in [0.2, 0.25) is 0 Å². The number of nitrogens with one attached hydrogen (secondary N) is 1. The van der Waals surface area contributed by atoms with E-state index in [2.05, 4.69) is 15.2 Å². The molecule has 1 aliphatic carbocycles. The molecule has 4 rings (SSSR count). The molecule has 126 valence electrons. The second kappa shape index (κ2) is 6.38. The Kier molecular flexibility index (Phi) is 4.08. The Morgan fingerprint density at radius 2 is 1.75 bits per heavy atom. The van der Waals surface area contributed by atoms with Crippen LogP contribution in [-0.4, -0.2) is 35.0 Å². The van der Waals surface area contributed by atoms with Gasteiger partial charge in [0.05, 0.1) is 16.7 Å². The van der Waals surface area contributed by atoms with Crippen molar-refractivity contribution < 1.29 is 4.79 Å². The van der Waals surface area contributed by atoms with Crippen LogP contribution in [0.25, 0.3) is 11.0 Å². The van der Waals surface area contributed by atoms with Crippen molar-refractivity contribution in [3.05, 3.63) is 30.0 Å². The zero-order valence-corrected chi connectivity index (χ0v) is 14.2. The van der Waals surface area contributed by atoms with Crippen LogP contribution < -0.4 is 10.2 Å². The Balaban J connectivity index is 1.43. The molecule has 2 fully saturated rings. The molecule has 0 bridgehead atoms. The summed E-state index contributed by atoms with van der Waals surface area (Å²) in [6.07, 6.45) is 5.34. The number of piperidine rings is 1. The van der Waals surface area contributed by atoms with E-state index in [9.17, 15) is 4.79 Å². The number of para-hydroxylation sites is 2. The Morgan fingerprint density at radius 3 is 2.38 bits per heavy atom. The first-order valence-electron chi connectivity index (χ1n) is 8.99. The van der Waals surface area contributed by atoms with Gasteiger partial charge in [0.2, 0.25) is 5.91 Å². The van der Waals surface area contributed by atoms with Crippen LogP contribution in [0.1, 0.15) is 37.8 Å². The van der Waals surface area contributed by atoms with E-state index in [0.717, 1.165) is 61.3 Å². The van der Waals surface area contributed by atoms with Crippen molar-refractivity contribution in [3.8, 4) is 0 Å². The van der Waals surface area contributed by atoms with Gasteiger partial charge < -0.3 is 10.2 Å². The topological polar surface area (TPSA) is 58.1 Å². The second-order valence-corrected chi connectivity index (χ2v) is 7.02. The molecule has 1 aromatic carbocycles. The van der Waals surface area contributed by atoms with E-state index in [-0.39, 0.29) is 11.8 Å². The van der Waals surface area contributed by atoms with Crippen molar-refractivity contribution in [2.24, 2.45) is 5.92 Å². The monoisotopic (exact) mass is 324 g/mol. The number of aromatic nitrogens is 2. The number of anilines is 1. The number of fused-ring (bicyclic) bond motifs is 1. The first-order valence-corrected chi connectivity index (χ1v) is 8.99. The summed E-state index contributed by atoms with van der Waals surface area (Å²) in [6, 6.07) is 8.42. The molecule has 2 heterocycles. The van der Waals surface area contributed by atoms with Crippen LogP contribution in [0.4, 0.5) is 5.82 Å². The molecular weight excluding hydrogens is 300 g/mol. The van der Waals surface area contributed by atoms with Gasteiger partial charge in [0.25, 0.3) is 0 Å². The lowest BCUT2D eigenvalue weighted by atomic mass is 9.90. The molecule has 0 unspecified atom stereocenters. The summed E-state index contributed by atoms with van der Waals surface area (Å²) in [4.78, 5) is 24.1. The Labute approximate surface area is 142 Å². The molecule has 24 heavy (non-hydrogen) atoms. The van der Waals surface area contributed by atoms with E-state index in [1.807, 2.05) is 31.2 Å². The summed E-state index contributed by atoms with van der Waals surface area (Å²) in [5.74, 6) is 1.36. The first-order chi connectivity index (χ1) is 11.7. The average Bonchev–Trinajstić information content (AvgIpc) is 2.57. The quantitative estimate of drug-likeness (QED) is 0.943. The zero-order valence-electron chi connectivity index (χ0n) is 14.2. The van der Waals surface area contributed by atoms with Crippen molar-refractivity contribution in [3.63, 3.8) is 0 Å². The van der Waals surface area contributed by atoms with Gasteiger partial charge in [-0.25, -0.2) is 9.97 Å². The number of carbonyl (C=O) groups excluding carboxylic acids is 1. The molecule has 0 spiro atoms. The lowest BCUT2D eigenvalue weighted by molar-refractivity contribution is -0.126. The van der Waals surface area contributed by atoms with E-state index >= 15 is 0 Å². The second-order valence-electron chi connectivity index (χ2n) is 7.02. The van der Waals surface area contributed by atoms with E-state index < -0.39 is 0 Å². The lowest BCUT2D eigenvalue weighted by Gasteiger charge is -2.34. The molecule has 0 radical (unpaired) electrons. The van der Waals surface area contributed by atoms with Gasteiger partial charge in [0, 0.05) is 25.0 Å². The summed E-state index contributed by atoms with van der Waals surface area (Å²) in [6.45, 7) is 3.76. The number of carbonyl (C=O) groups is 1. The van der Waals surface area contributed by atoms with Crippen molar-refractivity contribution in [1.29, 1.82) is 0 Å². The van der Waals surface area contributed by atoms with Gasteiger partial charge in [-0.1, -0.05) is 12.1 Å². The molecule has 2 aliphatic rings. The Bertz CT molecular complexity index is 748. The smallest absolute Gasteiger partial charge is 0.223 e. The highest BCUT2D eigenvalue weighted by Gasteiger charge is 2.29. The highest BCUT2D eigenvalue weighted by atomic mass is 16.2. The van der Waals surface area contributed by atoms with Gasteiger partial charge in [-0.05, 0) is 51.2 Å². The van der Waals surface area contributed by atoms with Crippen LogP contribution >= 0.6 is 0 Å². The highest BCUT2D eigenvalue weighted by molar-refractivity contribution is 5.79. The maximum absolute atomic E-state index is 12.3. The van der Waals surface area contributed by atoms with Crippen LogP contribution in [0.5, 0.6) is 0 Å². The molecule has 1 N–H and O–H groups in total. The molecule has 5 nitrogen and oxygen atoms in total. The predicted molar refractivity (Wildman–Crippen MR) is 95.0 cm³/mol. The molecule has 1 amide bonds. The minimum atomic E-state index is 0.149. The normalized spacial score (nSPS) is 19.3. The molecule has 5 heteroatoms. The molecule has 1 aliphatic heterocycles. The largest absolute Gasteiger partial charge is 0.355 e. The van der Waals surface area contributed by atoms with Crippen LogP contribution in [0, 0.1) is 12.8 Å². The predicted octanol–water partition coefficient (Wildman–Crippen LogP) is 2.82. The van der Waals surface area contributed by atoms with Gasteiger partial charge in [-0.15, -0.1) is 0 Å². The molecular formula is C19H24N4O. The van der Waals surface area contributed by atoms with Crippen molar-refractivity contribution >= 4 is 22.8 Å². The van der Waals surface area contributed by atoms with Crippen LogP contribution in [0.15, 0.2) is 24.3 Å².